The van der Waals surface area contributed by atoms with Gasteiger partial charge in [0.05, 0.1) is 5.71 Å². The molecule has 4 heteroatoms. The van der Waals surface area contributed by atoms with E-state index in [4.69, 9.17) is 4.74 Å². The molecule has 0 aromatic rings. The van der Waals surface area contributed by atoms with Crippen LogP contribution in [0.15, 0.2) is 16.8 Å². The molecule has 4 rings (SSSR count). The highest BCUT2D eigenvalue weighted by atomic mass is 16.5. The first-order valence-corrected chi connectivity index (χ1v) is 10.8. The minimum Gasteiger partial charge on any atom is -0.462 e. The topological polar surface area (TPSA) is 58.9 Å². The third-order valence-electron chi connectivity index (χ3n) is 9.05. The summed E-state index contributed by atoms with van der Waals surface area (Å²) in [4.78, 5) is 11.4. The second-order valence-corrected chi connectivity index (χ2v) is 10.1. The first-order valence-electron chi connectivity index (χ1n) is 10.8. The Kier molecular flexibility index (Phi) is 4.67. The van der Waals surface area contributed by atoms with E-state index in [1.165, 1.54) is 39.0 Å². The number of allylic oxidation sites excluding steroid dienone is 1. The second-order valence-electron chi connectivity index (χ2n) is 10.1. The molecule has 4 aliphatic rings. The van der Waals surface area contributed by atoms with Crippen LogP contribution < -0.4 is 0 Å². The van der Waals surface area contributed by atoms with E-state index < -0.39 is 0 Å². The quantitative estimate of drug-likeness (QED) is 0.233. The van der Waals surface area contributed by atoms with Crippen molar-refractivity contribution in [2.75, 3.05) is 0 Å². The SMILES string of the molecule is CC(=O)O[C@@H]1CC[C@@]2(C)C(=CC[C@@H]3[C@H]4CC[C@@H](/C(C)=N\O)[C@]4(C)CC[C@H]32)C1. The predicted octanol–water partition coefficient (Wildman–Crippen LogP) is 5.35. The molecule has 0 unspecified atom stereocenters. The minimum atomic E-state index is -0.149. The maximum Gasteiger partial charge on any atom is 0.302 e. The highest BCUT2D eigenvalue weighted by Gasteiger charge is 2.59. The van der Waals surface area contributed by atoms with E-state index >= 15 is 0 Å². The number of fused-ring (bicyclic) bond motifs is 5. The number of oxime groups is 1. The summed E-state index contributed by atoms with van der Waals surface area (Å²) in [6, 6.07) is 0. The maximum atomic E-state index is 11.4. The van der Waals surface area contributed by atoms with Gasteiger partial charge in [-0.2, -0.15) is 0 Å². The molecule has 0 bridgehead atoms. The summed E-state index contributed by atoms with van der Waals surface area (Å²) in [5, 5.41) is 12.9. The van der Waals surface area contributed by atoms with E-state index in [2.05, 4.69) is 25.1 Å². The lowest BCUT2D eigenvalue weighted by Gasteiger charge is -2.58. The van der Waals surface area contributed by atoms with Crippen molar-refractivity contribution in [1.82, 2.24) is 0 Å². The van der Waals surface area contributed by atoms with Crippen LogP contribution in [-0.4, -0.2) is 23.0 Å². The van der Waals surface area contributed by atoms with E-state index in [9.17, 15) is 10.0 Å². The molecular weight excluding hydrogens is 338 g/mol. The first kappa shape index (κ1) is 19.0. The molecule has 0 aromatic heterocycles. The van der Waals surface area contributed by atoms with Gasteiger partial charge in [0.1, 0.15) is 6.10 Å². The van der Waals surface area contributed by atoms with Crippen molar-refractivity contribution in [1.29, 1.82) is 0 Å². The number of carbonyl (C=O) groups excluding carboxylic acids is 1. The average molecular weight is 374 g/mol. The van der Waals surface area contributed by atoms with Crippen LogP contribution in [0.2, 0.25) is 0 Å². The zero-order chi connectivity index (χ0) is 19.4. The Bertz CT molecular complexity index is 683. The number of hydrogen-bond donors (Lipinski definition) is 1. The van der Waals surface area contributed by atoms with E-state index in [1.807, 2.05) is 6.92 Å². The zero-order valence-corrected chi connectivity index (χ0v) is 17.3. The highest BCUT2D eigenvalue weighted by molar-refractivity contribution is 5.85. The molecule has 0 heterocycles. The van der Waals surface area contributed by atoms with Crippen molar-refractivity contribution in [2.24, 2.45) is 39.7 Å². The first-order chi connectivity index (χ1) is 12.8. The summed E-state index contributed by atoms with van der Waals surface area (Å²) < 4.78 is 5.54. The number of ether oxygens (including phenoxy) is 1. The molecule has 0 aromatic carbocycles. The minimum absolute atomic E-state index is 0.0755. The van der Waals surface area contributed by atoms with Crippen LogP contribution in [0.4, 0.5) is 0 Å². The van der Waals surface area contributed by atoms with Gasteiger partial charge in [-0.25, -0.2) is 0 Å². The van der Waals surface area contributed by atoms with Gasteiger partial charge in [-0.05, 0) is 80.5 Å². The number of rotatable bonds is 2. The van der Waals surface area contributed by atoms with Crippen LogP contribution in [0.5, 0.6) is 0 Å². The molecule has 0 amide bonds. The maximum absolute atomic E-state index is 11.4. The fourth-order valence-corrected chi connectivity index (χ4v) is 7.72. The molecule has 150 valence electrons. The Morgan fingerprint density at radius 2 is 1.93 bits per heavy atom. The Morgan fingerprint density at radius 1 is 1.15 bits per heavy atom. The van der Waals surface area contributed by atoms with E-state index in [-0.39, 0.29) is 22.9 Å². The fraction of sp³-hybridized carbons (Fsp3) is 0.826. The van der Waals surface area contributed by atoms with E-state index in [1.54, 1.807) is 5.57 Å². The van der Waals surface area contributed by atoms with Gasteiger partial charge in [-0.1, -0.05) is 30.7 Å². The van der Waals surface area contributed by atoms with Gasteiger partial charge in [0.2, 0.25) is 0 Å². The molecule has 4 nitrogen and oxygen atoms in total. The smallest absolute Gasteiger partial charge is 0.302 e. The largest absolute Gasteiger partial charge is 0.462 e. The molecule has 0 radical (unpaired) electrons. The summed E-state index contributed by atoms with van der Waals surface area (Å²) in [6.45, 7) is 8.46. The molecule has 4 aliphatic carbocycles. The number of esters is 1. The molecular formula is C23H35NO3. The molecule has 3 saturated carbocycles. The van der Waals surface area contributed by atoms with Gasteiger partial charge < -0.3 is 9.94 Å². The Labute approximate surface area is 163 Å². The van der Waals surface area contributed by atoms with Gasteiger partial charge in [0, 0.05) is 19.3 Å². The molecule has 0 aliphatic heterocycles. The third kappa shape index (κ3) is 2.86. The standard InChI is InChI=1S/C23H35NO3/c1-14(24-26)19-7-8-20-18-6-5-16-13-17(27-15(2)25)9-11-22(16,3)21(18)10-12-23(19,20)4/h5,17-21,26H,6-13H2,1-4H3/b24-14-/t17-,18-,19+,20-,21-,22+,23+/m1/s1. The van der Waals surface area contributed by atoms with Crippen molar-refractivity contribution in [2.45, 2.75) is 85.2 Å². The number of nitrogens with zero attached hydrogens (tertiary/aromatic N) is 1. The Morgan fingerprint density at radius 3 is 2.63 bits per heavy atom. The summed E-state index contributed by atoms with van der Waals surface area (Å²) in [5.74, 6) is 2.52. The van der Waals surface area contributed by atoms with Gasteiger partial charge >= 0.3 is 5.97 Å². The van der Waals surface area contributed by atoms with Crippen LogP contribution in [0, 0.1) is 34.5 Å². The third-order valence-corrected chi connectivity index (χ3v) is 9.05. The van der Waals surface area contributed by atoms with Crippen molar-refractivity contribution in [3.8, 4) is 0 Å². The number of carbonyl (C=O) groups is 1. The Hall–Kier alpha value is -1.32. The molecule has 0 spiro atoms. The van der Waals surface area contributed by atoms with Gasteiger partial charge in [0.25, 0.3) is 0 Å². The second kappa shape index (κ2) is 6.63. The zero-order valence-electron chi connectivity index (χ0n) is 17.3. The van der Waals surface area contributed by atoms with Crippen molar-refractivity contribution >= 4 is 11.7 Å². The van der Waals surface area contributed by atoms with E-state index in [0.717, 1.165) is 42.7 Å². The van der Waals surface area contributed by atoms with Gasteiger partial charge in [-0.3, -0.25) is 4.79 Å². The van der Waals surface area contributed by atoms with Crippen LogP contribution in [0.25, 0.3) is 0 Å². The van der Waals surface area contributed by atoms with Gasteiger partial charge in [0.15, 0.2) is 0 Å². The summed E-state index contributed by atoms with van der Waals surface area (Å²) in [5.41, 5.74) is 3.04. The molecule has 27 heavy (non-hydrogen) atoms. The summed E-state index contributed by atoms with van der Waals surface area (Å²) in [6.07, 6.45) is 11.8. The van der Waals surface area contributed by atoms with Crippen LogP contribution >= 0.6 is 0 Å². The molecule has 0 saturated heterocycles. The monoisotopic (exact) mass is 373 g/mol. The van der Waals surface area contributed by atoms with Crippen molar-refractivity contribution in [3.63, 3.8) is 0 Å². The lowest BCUT2D eigenvalue weighted by atomic mass is 9.47. The summed E-state index contributed by atoms with van der Waals surface area (Å²) >= 11 is 0. The predicted molar refractivity (Wildman–Crippen MR) is 106 cm³/mol. The lowest BCUT2D eigenvalue weighted by Crippen LogP contribution is -2.51. The summed E-state index contributed by atoms with van der Waals surface area (Å²) in [7, 11) is 0. The lowest BCUT2D eigenvalue weighted by molar-refractivity contribution is -0.148. The molecule has 3 fully saturated rings. The van der Waals surface area contributed by atoms with Crippen LogP contribution in [0.3, 0.4) is 0 Å². The highest BCUT2D eigenvalue weighted by Crippen LogP contribution is 2.66. The van der Waals surface area contributed by atoms with E-state index in [0.29, 0.717) is 5.92 Å². The van der Waals surface area contributed by atoms with Crippen molar-refractivity contribution < 1.29 is 14.7 Å². The number of hydrogen-bond acceptors (Lipinski definition) is 4. The average Bonchev–Trinajstić information content (AvgIpc) is 2.98. The fourth-order valence-electron chi connectivity index (χ4n) is 7.72. The van der Waals surface area contributed by atoms with Crippen LogP contribution in [-0.2, 0) is 9.53 Å². The molecule has 7 atom stereocenters. The normalized spacial score (nSPS) is 46.7. The Balaban J connectivity index is 1.58. The molecule has 1 N–H and O–H groups in total. The van der Waals surface area contributed by atoms with Gasteiger partial charge in [-0.15, -0.1) is 0 Å². The van der Waals surface area contributed by atoms with Crippen molar-refractivity contribution in [3.05, 3.63) is 11.6 Å². The van der Waals surface area contributed by atoms with Crippen LogP contribution in [0.1, 0.15) is 79.1 Å².